The number of carbonyl (C=O) groups is 2. The van der Waals surface area contributed by atoms with Crippen molar-refractivity contribution in [1.29, 1.82) is 0 Å². The third kappa shape index (κ3) is 2.34. The minimum atomic E-state index is -1.15. The molecular formula is C9H13N3O3. The van der Waals surface area contributed by atoms with Gasteiger partial charge < -0.3 is 10.4 Å². The summed E-state index contributed by atoms with van der Waals surface area (Å²) in [5, 5.41) is 15.2. The van der Waals surface area contributed by atoms with E-state index >= 15 is 0 Å². The predicted octanol–water partition coefficient (Wildman–Crippen LogP) is 0.258. The highest BCUT2D eigenvalue weighted by atomic mass is 16.4. The molecule has 6 nitrogen and oxygen atoms in total. The molecule has 0 fully saturated rings. The van der Waals surface area contributed by atoms with Gasteiger partial charge in [0.15, 0.2) is 0 Å². The monoisotopic (exact) mass is 211 g/mol. The Morgan fingerprint density at radius 1 is 1.60 bits per heavy atom. The van der Waals surface area contributed by atoms with Crippen LogP contribution in [-0.4, -0.2) is 33.3 Å². The lowest BCUT2D eigenvalue weighted by Crippen LogP contribution is -2.27. The number of hydrogen-bond acceptors (Lipinski definition) is 3. The molecule has 15 heavy (non-hydrogen) atoms. The van der Waals surface area contributed by atoms with Crippen molar-refractivity contribution in [2.24, 2.45) is 7.05 Å². The van der Waals surface area contributed by atoms with Crippen LogP contribution in [0.1, 0.15) is 34.2 Å². The fourth-order valence-corrected chi connectivity index (χ4v) is 1.19. The van der Waals surface area contributed by atoms with Crippen molar-refractivity contribution >= 4 is 11.9 Å². The molecule has 1 aromatic rings. The minimum Gasteiger partial charge on any atom is -0.478 e. The van der Waals surface area contributed by atoms with Crippen molar-refractivity contribution in [2.45, 2.75) is 13.3 Å². The van der Waals surface area contributed by atoms with Crippen LogP contribution in [0.2, 0.25) is 0 Å². The van der Waals surface area contributed by atoms with Gasteiger partial charge >= 0.3 is 5.97 Å². The molecule has 0 bridgehead atoms. The molecule has 0 atom stereocenters. The number of amides is 1. The van der Waals surface area contributed by atoms with Gasteiger partial charge in [-0.05, 0) is 6.42 Å². The highest BCUT2D eigenvalue weighted by molar-refractivity contribution is 6.03. The largest absolute Gasteiger partial charge is 0.478 e. The Hall–Kier alpha value is -1.85. The summed E-state index contributed by atoms with van der Waals surface area (Å²) in [6, 6.07) is 0. The molecule has 0 spiro atoms. The van der Waals surface area contributed by atoms with Crippen LogP contribution in [0.4, 0.5) is 0 Å². The van der Waals surface area contributed by atoms with Crippen LogP contribution < -0.4 is 5.32 Å². The predicted molar refractivity (Wildman–Crippen MR) is 52.8 cm³/mol. The lowest BCUT2D eigenvalue weighted by atomic mass is 10.2. The number of carbonyl (C=O) groups excluding carboxylic acids is 1. The van der Waals surface area contributed by atoms with E-state index in [-0.39, 0.29) is 11.3 Å². The van der Waals surface area contributed by atoms with Gasteiger partial charge in [0, 0.05) is 13.6 Å². The zero-order valence-corrected chi connectivity index (χ0v) is 8.65. The number of aromatic nitrogens is 2. The van der Waals surface area contributed by atoms with Crippen LogP contribution in [-0.2, 0) is 7.05 Å². The zero-order chi connectivity index (χ0) is 11.4. The van der Waals surface area contributed by atoms with Crippen LogP contribution in [0.25, 0.3) is 0 Å². The second-order valence-corrected chi connectivity index (χ2v) is 3.09. The lowest BCUT2D eigenvalue weighted by Gasteiger charge is -2.04. The summed E-state index contributed by atoms with van der Waals surface area (Å²) in [4.78, 5) is 22.4. The summed E-state index contributed by atoms with van der Waals surface area (Å²) in [5.41, 5.74) is 0.00190. The van der Waals surface area contributed by atoms with E-state index in [1.807, 2.05) is 6.92 Å². The molecule has 0 aromatic carbocycles. The Morgan fingerprint density at radius 2 is 2.27 bits per heavy atom. The van der Waals surface area contributed by atoms with Gasteiger partial charge in [-0.3, -0.25) is 9.48 Å². The summed E-state index contributed by atoms with van der Waals surface area (Å²) in [7, 11) is 1.54. The first kappa shape index (κ1) is 11.2. The molecule has 0 radical (unpaired) electrons. The van der Waals surface area contributed by atoms with E-state index in [2.05, 4.69) is 10.4 Å². The van der Waals surface area contributed by atoms with E-state index in [0.717, 1.165) is 6.42 Å². The molecule has 0 aliphatic rings. The molecule has 0 aliphatic heterocycles. The number of aryl methyl sites for hydroxylation is 1. The molecule has 82 valence electrons. The van der Waals surface area contributed by atoms with E-state index in [1.54, 1.807) is 0 Å². The third-order valence-electron chi connectivity index (χ3n) is 1.92. The molecule has 1 heterocycles. The third-order valence-corrected chi connectivity index (χ3v) is 1.92. The number of rotatable bonds is 4. The Labute approximate surface area is 86.9 Å². The van der Waals surface area contributed by atoms with E-state index in [9.17, 15) is 9.59 Å². The number of carboxylic acid groups (broad SMARTS) is 1. The molecule has 0 saturated heterocycles. The molecule has 2 N–H and O–H groups in total. The van der Waals surface area contributed by atoms with Gasteiger partial charge in [0.25, 0.3) is 5.91 Å². The standard InChI is InChI=1S/C9H13N3O3/c1-3-4-10-8(13)7-6(9(14)15)5-11-12(7)2/h5H,3-4H2,1-2H3,(H,10,13)(H,14,15). The number of nitrogens with zero attached hydrogens (tertiary/aromatic N) is 2. The Morgan fingerprint density at radius 3 is 2.80 bits per heavy atom. The van der Waals surface area contributed by atoms with Gasteiger partial charge in [-0.2, -0.15) is 5.10 Å². The summed E-state index contributed by atoms with van der Waals surface area (Å²) >= 11 is 0. The first-order chi connectivity index (χ1) is 7.07. The summed E-state index contributed by atoms with van der Waals surface area (Å²) < 4.78 is 1.26. The molecule has 0 unspecified atom stereocenters. The van der Waals surface area contributed by atoms with Crippen LogP contribution >= 0.6 is 0 Å². The topological polar surface area (TPSA) is 84.2 Å². The number of nitrogens with one attached hydrogen (secondary N) is 1. The fraction of sp³-hybridized carbons (Fsp3) is 0.444. The first-order valence-electron chi connectivity index (χ1n) is 4.61. The van der Waals surface area contributed by atoms with Gasteiger partial charge in [-0.15, -0.1) is 0 Å². The molecule has 1 amide bonds. The van der Waals surface area contributed by atoms with Crippen LogP contribution in [0.15, 0.2) is 6.20 Å². The summed E-state index contributed by atoms with van der Waals surface area (Å²) in [6.45, 7) is 2.44. The van der Waals surface area contributed by atoms with Gasteiger partial charge in [0.05, 0.1) is 6.20 Å². The average molecular weight is 211 g/mol. The summed E-state index contributed by atoms with van der Waals surface area (Å²) in [6.07, 6.45) is 1.97. The van der Waals surface area contributed by atoms with Crippen molar-refractivity contribution in [3.8, 4) is 0 Å². The van der Waals surface area contributed by atoms with Crippen LogP contribution in [0.5, 0.6) is 0 Å². The maximum atomic E-state index is 11.6. The van der Waals surface area contributed by atoms with Crippen molar-refractivity contribution < 1.29 is 14.7 Å². The van der Waals surface area contributed by atoms with E-state index in [1.165, 1.54) is 17.9 Å². The highest BCUT2D eigenvalue weighted by Crippen LogP contribution is 2.07. The molecular weight excluding hydrogens is 198 g/mol. The molecule has 1 rings (SSSR count). The van der Waals surface area contributed by atoms with Crippen LogP contribution in [0.3, 0.4) is 0 Å². The minimum absolute atomic E-state index is 0.0777. The maximum Gasteiger partial charge on any atom is 0.339 e. The maximum absolute atomic E-state index is 11.6. The Bertz CT molecular complexity index is 384. The van der Waals surface area contributed by atoms with Gasteiger partial charge in [-0.25, -0.2) is 4.79 Å². The number of carboxylic acids is 1. The molecule has 1 aromatic heterocycles. The Balaban J connectivity index is 2.96. The van der Waals surface area contributed by atoms with E-state index in [0.29, 0.717) is 6.54 Å². The van der Waals surface area contributed by atoms with Crippen molar-refractivity contribution in [3.05, 3.63) is 17.5 Å². The van der Waals surface area contributed by atoms with Gasteiger partial charge in [-0.1, -0.05) is 6.92 Å². The second kappa shape index (κ2) is 4.59. The number of aromatic carboxylic acids is 1. The molecule has 6 heteroatoms. The van der Waals surface area contributed by atoms with Crippen molar-refractivity contribution in [2.75, 3.05) is 6.54 Å². The lowest BCUT2D eigenvalue weighted by molar-refractivity contribution is 0.0690. The molecule has 0 aliphatic carbocycles. The van der Waals surface area contributed by atoms with Crippen LogP contribution in [0, 0.1) is 0 Å². The first-order valence-corrected chi connectivity index (χ1v) is 4.61. The number of hydrogen-bond donors (Lipinski definition) is 2. The SMILES string of the molecule is CCCNC(=O)c1c(C(=O)O)cnn1C. The van der Waals surface area contributed by atoms with E-state index < -0.39 is 11.9 Å². The summed E-state index contributed by atoms with van der Waals surface area (Å²) in [5.74, 6) is -1.56. The highest BCUT2D eigenvalue weighted by Gasteiger charge is 2.20. The fourth-order valence-electron chi connectivity index (χ4n) is 1.19. The van der Waals surface area contributed by atoms with Gasteiger partial charge in [0.2, 0.25) is 0 Å². The smallest absolute Gasteiger partial charge is 0.339 e. The second-order valence-electron chi connectivity index (χ2n) is 3.09. The van der Waals surface area contributed by atoms with Crippen molar-refractivity contribution in [3.63, 3.8) is 0 Å². The van der Waals surface area contributed by atoms with Gasteiger partial charge in [0.1, 0.15) is 11.3 Å². The average Bonchev–Trinajstić information content (AvgIpc) is 2.56. The van der Waals surface area contributed by atoms with Crippen molar-refractivity contribution in [1.82, 2.24) is 15.1 Å². The zero-order valence-electron chi connectivity index (χ0n) is 8.65. The van der Waals surface area contributed by atoms with E-state index in [4.69, 9.17) is 5.11 Å². The molecule has 0 saturated carbocycles. The Kier molecular flexibility index (Phi) is 3.43. The normalized spacial score (nSPS) is 10.0. The quantitative estimate of drug-likeness (QED) is 0.748.